The van der Waals surface area contributed by atoms with Crippen LogP contribution in [0.4, 0.5) is 0 Å². The van der Waals surface area contributed by atoms with Crippen LogP contribution in [0.25, 0.3) is 0 Å². The van der Waals surface area contributed by atoms with E-state index in [0.29, 0.717) is 12.2 Å². The van der Waals surface area contributed by atoms with E-state index in [0.717, 1.165) is 17.1 Å². The number of hydrogen-bond acceptors (Lipinski definition) is 4. The molecule has 16 heavy (non-hydrogen) atoms. The summed E-state index contributed by atoms with van der Waals surface area (Å²) >= 11 is 1.70. The summed E-state index contributed by atoms with van der Waals surface area (Å²) in [6.07, 6.45) is 2.50. The van der Waals surface area contributed by atoms with Crippen molar-refractivity contribution in [2.75, 3.05) is 0 Å². The van der Waals surface area contributed by atoms with E-state index in [-0.39, 0.29) is 0 Å². The lowest BCUT2D eigenvalue weighted by molar-refractivity contribution is 0.140. The lowest BCUT2D eigenvalue weighted by Gasteiger charge is -2.05. The van der Waals surface area contributed by atoms with Crippen molar-refractivity contribution in [3.63, 3.8) is 0 Å². The van der Waals surface area contributed by atoms with E-state index < -0.39 is 6.10 Å². The second kappa shape index (κ2) is 4.80. The molecule has 86 valence electrons. The maximum atomic E-state index is 9.83. The Morgan fingerprint density at radius 1 is 1.50 bits per heavy atom. The Bertz CT molecular complexity index is 428. The Labute approximate surface area is 98.8 Å². The van der Waals surface area contributed by atoms with Gasteiger partial charge in [0.2, 0.25) is 0 Å². The number of rotatable bonds is 4. The van der Waals surface area contributed by atoms with E-state index in [1.807, 2.05) is 6.92 Å². The highest BCUT2D eigenvalue weighted by Crippen LogP contribution is 2.22. The van der Waals surface area contributed by atoms with Gasteiger partial charge in [-0.1, -0.05) is 0 Å². The first-order valence-corrected chi connectivity index (χ1v) is 6.13. The van der Waals surface area contributed by atoms with E-state index in [1.165, 1.54) is 4.88 Å². The molecule has 0 radical (unpaired) electrons. The predicted molar refractivity (Wildman–Crippen MR) is 63.6 cm³/mol. The quantitative estimate of drug-likeness (QED) is 0.889. The topological polar surface area (TPSA) is 46.3 Å². The van der Waals surface area contributed by atoms with Gasteiger partial charge in [-0.25, -0.2) is 4.98 Å². The lowest BCUT2D eigenvalue weighted by atomic mass is 10.1. The third-order valence-electron chi connectivity index (χ3n) is 2.58. The molecule has 4 heteroatoms. The monoisotopic (exact) mass is 237 g/mol. The highest BCUT2D eigenvalue weighted by molar-refractivity contribution is 7.11. The fourth-order valence-electron chi connectivity index (χ4n) is 1.53. The average molecular weight is 237 g/mol. The van der Waals surface area contributed by atoms with Crippen LogP contribution in [0.2, 0.25) is 0 Å². The van der Waals surface area contributed by atoms with Crippen LogP contribution < -0.4 is 0 Å². The molecule has 1 atom stereocenters. The summed E-state index contributed by atoms with van der Waals surface area (Å²) in [6.45, 7) is 4.08. The summed E-state index contributed by atoms with van der Waals surface area (Å²) in [7, 11) is 0. The first kappa shape index (κ1) is 11.4. The van der Waals surface area contributed by atoms with Gasteiger partial charge in [0.1, 0.15) is 11.9 Å². The molecule has 0 fully saturated rings. The van der Waals surface area contributed by atoms with Crippen LogP contribution >= 0.6 is 11.3 Å². The lowest BCUT2D eigenvalue weighted by Crippen LogP contribution is -1.97. The zero-order valence-corrected chi connectivity index (χ0v) is 10.3. The summed E-state index contributed by atoms with van der Waals surface area (Å²) in [6, 6.07) is 3.58. The molecule has 1 unspecified atom stereocenters. The van der Waals surface area contributed by atoms with Gasteiger partial charge in [-0.15, -0.1) is 11.3 Å². The number of nitrogens with zero attached hydrogens (tertiary/aromatic N) is 1. The minimum Gasteiger partial charge on any atom is -0.467 e. The van der Waals surface area contributed by atoms with E-state index in [9.17, 15) is 5.11 Å². The number of furan rings is 1. The van der Waals surface area contributed by atoms with Crippen LogP contribution in [0, 0.1) is 13.8 Å². The minimum absolute atomic E-state index is 0.528. The molecule has 0 aliphatic heterocycles. The van der Waals surface area contributed by atoms with Gasteiger partial charge in [0.25, 0.3) is 0 Å². The SMILES string of the molecule is Cc1nc(CCC(O)c2ccco2)sc1C. The van der Waals surface area contributed by atoms with Crippen LogP contribution in [-0.2, 0) is 6.42 Å². The molecular formula is C12H15NO2S. The van der Waals surface area contributed by atoms with Crippen LogP contribution in [0.3, 0.4) is 0 Å². The first-order valence-electron chi connectivity index (χ1n) is 5.31. The molecule has 0 aliphatic carbocycles. The van der Waals surface area contributed by atoms with Crippen molar-refractivity contribution in [1.29, 1.82) is 0 Å². The standard InChI is InChI=1S/C12H15NO2S/c1-8-9(2)16-12(13-8)6-5-10(14)11-4-3-7-15-11/h3-4,7,10,14H,5-6H2,1-2H3. The highest BCUT2D eigenvalue weighted by atomic mass is 32.1. The van der Waals surface area contributed by atoms with Gasteiger partial charge in [-0.2, -0.15) is 0 Å². The summed E-state index contributed by atoms with van der Waals surface area (Å²) in [5.74, 6) is 0.630. The molecule has 2 rings (SSSR count). The molecule has 0 saturated heterocycles. The fourth-order valence-corrected chi connectivity index (χ4v) is 2.48. The Morgan fingerprint density at radius 2 is 2.31 bits per heavy atom. The third-order valence-corrected chi connectivity index (χ3v) is 3.71. The van der Waals surface area contributed by atoms with Gasteiger partial charge in [-0.3, -0.25) is 0 Å². The van der Waals surface area contributed by atoms with E-state index in [1.54, 1.807) is 29.7 Å². The minimum atomic E-state index is -0.528. The molecule has 1 N–H and O–H groups in total. The molecule has 3 nitrogen and oxygen atoms in total. The van der Waals surface area contributed by atoms with Gasteiger partial charge in [0.15, 0.2) is 0 Å². The van der Waals surface area contributed by atoms with E-state index >= 15 is 0 Å². The van der Waals surface area contributed by atoms with Crippen LogP contribution in [-0.4, -0.2) is 10.1 Å². The van der Waals surface area contributed by atoms with Crippen molar-refractivity contribution in [2.24, 2.45) is 0 Å². The maximum Gasteiger partial charge on any atom is 0.132 e. The molecule has 0 saturated carbocycles. The van der Waals surface area contributed by atoms with Gasteiger partial charge in [0, 0.05) is 11.3 Å². The summed E-state index contributed by atoms with van der Waals surface area (Å²) in [5, 5.41) is 10.9. The van der Waals surface area contributed by atoms with Gasteiger partial charge < -0.3 is 9.52 Å². The van der Waals surface area contributed by atoms with Crippen molar-refractivity contribution in [3.05, 3.63) is 39.7 Å². The van der Waals surface area contributed by atoms with Gasteiger partial charge in [-0.05, 0) is 32.4 Å². The molecule has 0 spiro atoms. The Hall–Kier alpha value is -1.13. The van der Waals surface area contributed by atoms with Gasteiger partial charge >= 0.3 is 0 Å². The fraction of sp³-hybridized carbons (Fsp3) is 0.417. The highest BCUT2D eigenvalue weighted by Gasteiger charge is 2.12. The second-order valence-electron chi connectivity index (χ2n) is 3.82. The van der Waals surface area contributed by atoms with E-state index in [2.05, 4.69) is 11.9 Å². The summed E-state index contributed by atoms with van der Waals surface area (Å²) in [5.41, 5.74) is 1.09. The van der Waals surface area contributed by atoms with Crippen LogP contribution in [0.15, 0.2) is 22.8 Å². The van der Waals surface area contributed by atoms with Crippen molar-refractivity contribution in [3.8, 4) is 0 Å². The Kier molecular flexibility index (Phi) is 3.41. The summed E-state index contributed by atoms with van der Waals surface area (Å²) < 4.78 is 5.15. The number of aryl methyl sites for hydroxylation is 3. The number of thiazole rings is 1. The van der Waals surface area contributed by atoms with E-state index in [4.69, 9.17) is 4.42 Å². The summed E-state index contributed by atoms with van der Waals surface area (Å²) in [4.78, 5) is 5.69. The normalized spacial score (nSPS) is 12.9. The molecule has 0 amide bonds. The number of hydrogen-bond donors (Lipinski definition) is 1. The molecule has 2 aromatic heterocycles. The predicted octanol–water partition coefficient (Wildman–Crippen LogP) is 3.02. The van der Waals surface area contributed by atoms with Crippen molar-refractivity contribution >= 4 is 11.3 Å². The zero-order valence-electron chi connectivity index (χ0n) is 9.43. The Balaban J connectivity index is 1.92. The zero-order chi connectivity index (χ0) is 11.5. The third kappa shape index (κ3) is 2.51. The smallest absolute Gasteiger partial charge is 0.132 e. The van der Waals surface area contributed by atoms with Crippen LogP contribution in [0.5, 0.6) is 0 Å². The Morgan fingerprint density at radius 3 is 2.88 bits per heavy atom. The molecule has 2 heterocycles. The molecule has 0 aromatic carbocycles. The number of aliphatic hydroxyl groups is 1. The van der Waals surface area contributed by atoms with Gasteiger partial charge in [0.05, 0.1) is 17.0 Å². The number of aliphatic hydroxyl groups excluding tert-OH is 1. The molecule has 2 aromatic rings. The van der Waals surface area contributed by atoms with Crippen LogP contribution in [0.1, 0.15) is 33.9 Å². The second-order valence-corrected chi connectivity index (χ2v) is 5.11. The molecular weight excluding hydrogens is 222 g/mol. The van der Waals surface area contributed by atoms with Crippen molar-refractivity contribution in [1.82, 2.24) is 4.98 Å². The largest absolute Gasteiger partial charge is 0.467 e. The molecule has 0 aliphatic rings. The maximum absolute atomic E-state index is 9.83. The first-order chi connectivity index (χ1) is 7.66. The van der Waals surface area contributed by atoms with Crippen molar-refractivity contribution < 1.29 is 9.52 Å². The molecule has 0 bridgehead atoms. The number of aromatic nitrogens is 1. The van der Waals surface area contributed by atoms with Crippen molar-refractivity contribution in [2.45, 2.75) is 32.8 Å². The average Bonchev–Trinajstić information content (AvgIpc) is 2.86.